The van der Waals surface area contributed by atoms with E-state index in [9.17, 15) is 14.7 Å². The van der Waals surface area contributed by atoms with Gasteiger partial charge in [-0.25, -0.2) is 0 Å². The maximum atomic E-state index is 12.7. The molecule has 5 nitrogen and oxygen atoms in total. The smallest absolute Gasteiger partial charge is 0.309 e. The lowest BCUT2D eigenvalue weighted by Gasteiger charge is -2.25. The fourth-order valence-corrected chi connectivity index (χ4v) is 3.80. The van der Waals surface area contributed by atoms with Crippen LogP contribution in [0.5, 0.6) is 0 Å². The van der Waals surface area contributed by atoms with Crippen LogP contribution in [-0.2, 0) is 20.7 Å². The molecule has 0 unspecified atom stereocenters. The number of carbonyl (C=O) groups excluding carboxylic acids is 1. The lowest BCUT2D eigenvalue weighted by Crippen LogP contribution is -2.31. The van der Waals surface area contributed by atoms with Crippen molar-refractivity contribution in [3.8, 4) is 17.2 Å². The molecule has 2 atom stereocenters. The second kappa shape index (κ2) is 12.2. The molecular weight excluding hydrogens is 414 g/mol. The predicted octanol–water partition coefficient (Wildman–Crippen LogP) is 6.40. The highest BCUT2D eigenvalue weighted by atomic mass is 16.6. The number of esters is 1. The first-order valence-corrected chi connectivity index (χ1v) is 11.7. The van der Waals surface area contributed by atoms with Crippen molar-refractivity contribution in [1.29, 1.82) is 5.26 Å². The number of rotatable bonds is 11. The Labute approximate surface area is 197 Å². The van der Waals surface area contributed by atoms with Gasteiger partial charge in [-0.3, -0.25) is 9.59 Å². The van der Waals surface area contributed by atoms with E-state index in [1.165, 1.54) is 0 Å². The normalized spacial score (nSPS) is 13.1. The lowest BCUT2D eigenvalue weighted by atomic mass is 9.86. The number of aliphatic carboxylic acids is 1. The van der Waals surface area contributed by atoms with Gasteiger partial charge in [0.15, 0.2) is 0 Å². The molecule has 0 aromatic heterocycles. The van der Waals surface area contributed by atoms with E-state index in [-0.39, 0.29) is 5.97 Å². The van der Waals surface area contributed by atoms with Gasteiger partial charge in [0.05, 0.1) is 23.5 Å². The third-order valence-corrected chi connectivity index (χ3v) is 5.65. The molecule has 0 aliphatic carbocycles. The third-order valence-electron chi connectivity index (χ3n) is 5.65. The molecule has 2 rings (SSSR count). The van der Waals surface area contributed by atoms with Crippen molar-refractivity contribution in [3.05, 3.63) is 59.7 Å². The van der Waals surface area contributed by atoms with Gasteiger partial charge in [0, 0.05) is 0 Å². The Morgan fingerprint density at radius 1 is 0.970 bits per heavy atom. The fourth-order valence-electron chi connectivity index (χ4n) is 3.80. The number of hydrogen-bond acceptors (Lipinski definition) is 4. The molecule has 0 saturated carbocycles. The summed E-state index contributed by atoms with van der Waals surface area (Å²) in [6.45, 7) is 7.55. The summed E-state index contributed by atoms with van der Waals surface area (Å²) >= 11 is 0. The molecule has 0 radical (unpaired) electrons. The molecule has 1 N–H and O–H groups in total. The van der Waals surface area contributed by atoms with Crippen molar-refractivity contribution in [3.63, 3.8) is 0 Å². The molecule has 0 spiro atoms. The van der Waals surface area contributed by atoms with E-state index in [1.807, 2.05) is 57.2 Å². The lowest BCUT2D eigenvalue weighted by molar-refractivity contribution is -0.161. The average Bonchev–Trinajstić information content (AvgIpc) is 2.77. The van der Waals surface area contributed by atoms with Crippen LogP contribution in [0.15, 0.2) is 48.5 Å². The van der Waals surface area contributed by atoms with Crippen LogP contribution in [0.25, 0.3) is 11.1 Å². The molecule has 0 saturated heterocycles. The van der Waals surface area contributed by atoms with Crippen molar-refractivity contribution < 1.29 is 19.4 Å². The number of aryl methyl sites for hydroxylation is 1. The van der Waals surface area contributed by atoms with Crippen LogP contribution in [0.1, 0.15) is 70.9 Å². The van der Waals surface area contributed by atoms with Crippen LogP contribution in [-0.4, -0.2) is 22.6 Å². The second-order valence-corrected chi connectivity index (χ2v) is 9.57. The van der Waals surface area contributed by atoms with Crippen molar-refractivity contribution in [2.45, 2.75) is 71.8 Å². The summed E-state index contributed by atoms with van der Waals surface area (Å²) in [5.74, 6) is -2.16. The van der Waals surface area contributed by atoms with Crippen LogP contribution in [0.2, 0.25) is 0 Å². The van der Waals surface area contributed by atoms with E-state index >= 15 is 0 Å². The number of carboxylic acids is 1. The van der Waals surface area contributed by atoms with Crippen molar-refractivity contribution in [2.75, 3.05) is 0 Å². The topological polar surface area (TPSA) is 87.4 Å². The fraction of sp³-hybridized carbons (Fsp3) is 0.464. The summed E-state index contributed by atoms with van der Waals surface area (Å²) < 4.78 is 5.56. The van der Waals surface area contributed by atoms with Gasteiger partial charge in [0.2, 0.25) is 0 Å². The molecule has 176 valence electrons. The number of carboxylic acid groups (broad SMARTS) is 1. The average molecular weight is 450 g/mol. The highest BCUT2D eigenvalue weighted by molar-refractivity contribution is 5.75. The van der Waals surface area contributed by atoms with Gasteiger partial charge in [0.25, 0.3) is 0 Å². The largest absolute Gasteiger partial charge is 0.481 e. The van der Waals surface area contributed by atoms with Crippen LogP contribution in [0.3, 0.4) is 0 Å². The standard InChI is InChI=1S/C28H35NO4/c1-5-6-7-25(27(32)33-28(2,3)4)18-24(26(30)31)17-10-20-8-13-22(14-9-20)23-15-11-21(19-29)12-16-23/h8-9,11-16,24-25H,5-7,10,17-18H2,1-4H3,(H,30,31)/t24-,25-/m0/s1. The molecule has 5 heteroatoms. The van der Waals surface area contributed by atoms with E-state index in [0.29, 0.717) is 31.2 Å². The molecule has 2 aromatic rings. The Hall–Kier alpha value is -3.13. The number of carbonyl (C=O) groups is 2. The molecule has 0 aliphatic heterocycles. The van der Waals surface area contributed by atoms with E-state index in [1.54, 1.807) is 12.1 Å². The number of benzene rings is 2. The first-order valence-electron chi connectivity index (χ1n) is 11.7. The zero-order valence-electron chi connectivity index (χ0n) is 20.1. The Kier molecular flexibility index (Phi) is 9.66. The van der Waals surface area contributed by atoms with Gasteiger partial charge in [-0.2, -0.15) is 5.26 Å². The first-order chi connectivity index (χ1) is 15.6. The van der Waals surface area contributed by atoms with Crippen molar-refractivity contribution in [1.82, 2.24) is 0 Å². The Morgan fingerprint density at radius 3 is 2.03 bits per heavy atom. The minimum Gasteiger partial charge on any atom is -0.481 e. The molecule has 0 aliphatic rings. The first kappa shape index (κ1) is 26.1. The number of nitrogens with zero attached hydrogens (tertiary/aromatic N) is 1. The minimum absolute atomic E-state index is 0.297. The second-order valence-electron chi connectivity index (χ2n) is 9.57. The number of unbranched alkanes of at least 4 members (excludes halogenated alkanes) is 1. The van der Waals surface area contributed by atoms with Crippen LogP contribution >= 0.6 is 0 Å². The molecular formula is C28H35NO4. The zero-order valence-corrected chi connectivity index (χ0v) is 20.1. The van der Waals surface area contributed by atoms with Crippen LogP contribution in [0.4, 0.5) is 0 Å². The SMILES string of the molecule is CCCC[C@@H](C[C@H](CCc1ccc(-c2ccc(C#N)cc2)cc1)C(=O)O)C(=O)OC(C)(C)C. The zero-order chi connectivity index (χ0) is 24.4. The quantitative estimate of drug-likeness (QED) is 0.401. The maximum absolute atomic E-state index is 12.7. The maximum Gasteiger partial charge on any atom is 0.309 e. The van der Waals surface area contributed by atoms with E-state index in [2.05, 4.69) is 13.0 Å². The van der Waals surface area contributed by atoms with E-state index in [4.69, 9.17) is 10.00 Å². The number of nitriles is 1. The number of ether oxygens (including phenoxy) is 1. The van der Waals surface area contributed by atoms with Gasteiger partial charge in [0.1, 0.15) is 5.60 Å². The Morgan fingerprint density at radius 2 is 1.55 bits per heavy atom. The predicted molar refractivity (Wildman–Crippen MR) is 130 cm³/mol. The summed E-state index contributed by atoms with van der Waals surface area (Å²) in [6.07, 6.45) is 3.86. The van der Waals surface area contributed by atoms with Gasteiger partial charge in [-0.15, -0.1) is 0 Å². The summed E-state index contributed by atoms with van der Waals surface area (Å²) in [7, 11) is 0. The minimum atomic E-state index is -0.866. The number of hydrogen-bond donors (Lipinski definition) is 1. The van der Waals surface area contributed by atoms with E-state index in [0.717, 1.165) is 29.5 Å². The summed E-state index contributed by atoms with van der Waals surface area (Å²) in [5.41, 5.74) is 3.17. The molecule has 0 bridgehead atoms. The van der Waals surface area contributed by atoms with Gasteiger partial charge >= 0.3 is 11.9 Å². The van der Waals surface area contributed by atoms with Crippen LogP contribution in [0, 0.1) is 23.2 Å². The Bertz CT molecular complexity index is 949. The van der Waals surface area contributed by atoms with Crippen molar-refractivity contribution in [2.24, 2.45) is 11.8 Å². The Balaban J connectivity index is 2.03. The molecule has 0 heterocycles. The van der Waals surface area contributed by atoms with Gasteiger partial charge < -0.3 is 9.84 Å². The van der Waals surface area contributed by atoms with E-state index < -0.39 is 23.4 Å². The van der Waals surface area contributed by atoms with Crippen LogP contribution < -0.4 is 0 Å². The molecule has 0 amide bonds. The monoisotopic (exact) mass is 449 g/mol. The molecule has 33 heavy (non-hydrogen) atoms. The molecule has 2 aromatic carbocycles. The summed E-state index contributed by atoms with van der Waals surface area (Å²) in [4.78, 5) is 24.6. The molecule has 0 fully saturated rings. The summed E-state index contributed by atoms with van der Waals surface area (Å²) in [5, 5.41) is 18.7. The van der Waals surface area contributed by atoms with Gasteiger partial charge in [-0.1, -0.05) is 56.2 Å². The highest BCUT2D eigenvalue weighted by Gasteiger charge is 2.30. The summed E-state index contributed by atoms with van der Waals surface area (Å²) in [6, 6.07) is 17.6. The van der Waals surface area contributed by atoms with Gasteiger partial charge in [-0.05, 0) is 75.3 Å². The highest BCUT2D eigenvalue weighted by Crippen LogP contribution is 2.27. The third kappa shape index (κ3) is 8.73. The van der Waals surface area contributed by atoms with Crippen molar-refractivity contribution >= 4 is 11.9 Å².